The van der Waals surface area contributed by atoms with Crippen LogP contribution in [-0.4, -0.2) is 19.2 Å². The van der Waals surface area contributed by atoms with Gasteiger partial charge >= 0.3 is 6.16 Å². The summed E-state index contributed by atoms with van der Waals surface area (Å²) in [5.74, 6) is 0. The van der Waals surface area contributed by atoms with Crippen LogP contribution in [0.25, 0.3) is 0 Å². The minimum atomic E-state index is -0.815. The molecule has 0 radical (unpaired) electrons. The van der Waals surface area contributed by atoms with Gasteiger partial charge in [-0.15, -0.1) is 0 Å². The number of hydrogen-bond acceptors (Lipinski definition) is 5. The molecule has 0 aliphatic carbocycles. The maximum absolute atomic E-state index is 10.6. The third-order valence-corrected chi connectivity index (χ3v) is 0.793. The first-order chi connectivity index (χ1) is 5.81. The van der Waals surface area contributed by atoms with Crippen molar-refractivity contribution in [1.29, 1.82) is 0 Å². The van der Waals surface area contributed by atoms with Crippen molar-refractivity contribution in [2.24, 2.45) is 11.5 Å². The molecule has 68 valence electrons. The molecule has 0 atom stereocenters. The van der Waals surface area contributed by atoms with Crippen LogP contribution in [0, 0.1) is 0 Å². The summed E-state index contributed by atoms with van der Waals surface area (Å²) in [5, 5.41) is 0. The number of hydrogen-bond donors (Lipinski definition) is 2. The molecule has 0 unspecified atom stereocenters. The monoisotopic (exact) mass is 172 g/mol. The number of rotatable bonds is 4. The van der Waals surface area contributed by atoms with Gasteiger partial charge in [-0.1, -0.05) is 0 Å². The van der Waals surface area contributed by atoms with Gasteiger partial charge in [0.15, 0.2) is 0 Å². The highest BCUT2D eigenvalue weighted by Crippen LogP contribution is 1.86. The van der Waals surface area contributed by atoms with E-state index < -0.39 is 6.16 Å². The molecule has 0 saturated carbocycles. The maximum atomic E-state index is 10.6. The molecule has 0 aromatic heterocycles. The first-order valence-electron chi connectivity index (χ1n) is 3.38. The summed E-state index contributed by atoms with van der Waals surface area (Å²) in [5.41, 5.74) is 10.2. The van der Waals surface area contributed by atoms with Crippen molar-refractivity contribution in [3.63, 3.8) is 0 Å². The normalized spacial score (nSPS) is 10.8. The number of carbonyl (C=O) groups is 1. The standard InChI is InChI=1S/C7H12N2O3/c8-3-1-5-11-7(10)12-6-2-4-9/h1-2,5-6H,3-4,8-9H2. The van der Waals surface area contributed by atoms with E-state index in [-0.39, 0.29) is 0 Å². The van der Waals surface area contributed by atoms with Crippen LogP contribution < -0.4 is 11.5 Å². The first-order valence-corrected chi connectivity index (χ1v) is 3.38. The predicted octanol–water partition coefficient (Wildman–Crippen LogP) is 0.0844. The van der Waals surface area contributed by atoms with Crippen molar-refractivity contribution in [2.45, 2.75) is 0 Å². The van der Waals surface area contributed by atoms with Crippen LogP contribution in [-0.2, 0) is 9.47 Å². The third-order valence-electron chi connectivity index (χ3n) is 0.793. The number of carbonyl (C=O) groups excluding carboxylic acids is 1. The van der Waals surface area contributed by atoms with E-state index in [1.807, 2.05) is 0 Å². The van der Waals surface area contributed by atoms with Crippen LogP contribution in [0.5, 0.6) is 0 Å². The molecule has 0 rings (SSSR count). The lowest BCUT2D eigenvalue weighted by Crippen LogP contribution is -2.00. The van der Waals surface area contributed by atoms with Gasteiger partial charge in [-0.05, 0) is 12.2 Å². The van der Waals surface area contributed by atoms with Crippen LogP contribution in [0.15, 0.2) is 24.7 Å². The highest BCUT2D eigenvalue weighted by Gasteiger charge is 1.95. The molecular weight excluding hydrogens is 160 g/mol. The SMILES string of the molecule is NCC=COC(=O)OC=CCN. The van der Waals surface area contributed by atoms with E-state index in [2.05, 4.69) is 9.47 Å². The van der Waals surface area contributed by atoms with E-state index >= 15 is 0 Å². The molecule has 0 saturated heterocycles. The lowest BCUT2D eigenvalue weighted by Gasteiger charge is -1.94. The van der Waals surface area contributed by atoms with Crippen molar-refractivity contribution >= 4 is 6.16 Å². The van der Waals surface area contributed by atoms with Gasteiger partial charge in [0, 0.05) is 13.1 Å². The Hall–Kier alpha value is -1.33. The molecule has 0 amide bonds. The molecule has 0 bridgehead atoms. The second-order valence-corrected chi connectivity index (χ2v) is 1.70. The van der Waals surface area contributed by atoms with Gasteiger partial charge in [0.25, 0.3) is 0 Å². The van der Waals surface area contributed by atoms with Crippen LogP contribution >= 0.6 is 0 Å². The zero-order valence-electron chi connectivity index (χ0n) is 6.60. The lowest BCUT2D eigenvalue weighted by molar-refractivity contribution is 0.119. The Bertz CT molecular complexity index is 159. The molecule has 0 spiro atoms. The molecule has 12 heavy (non-hydrogen) atoms. The highest BCUT2D eigenvalue weighted by atomic mass is 16.7. The molecule has 5 heteroatoms. The van der Waals surface area contributed by atoms with E-state index in [0.29, 0.717) is 13.1 Å². The average molecular weight is 172 g/mol. The molecule has 0 aromatic carbocycles. The average Bonchev–Trinajstić information content (AvgIpc) is 2.06. The fraction of sp³-hybridized carbons (Fsp3) is 0.286. The number of nitrogens with two attached hydrogens (primary N) is 2. The first kappa shape index (κ1) is 10.7. The predicted molar refractivity (Wildman–Crippen MR) is 44.0 cm³/mol. The fourth-order valence-corrected chi connectivity index (χ4v) is 0.346. The fourth-order valence-electron chi connectivity index (χ4n) is 0.346. The third kappa shape index (κ3) is 6.79. The van der Waals surface area contributed by atoms with Crippen molar-refractivity contribution in [2.75, 3.05) is 13.1 Å². The molecule has 0 aliphatic rings. The summed E-state index contributed by atoms with van der Waals surface area (Å²) in [6.07, 6.45) is 4.48. The van der Waals surface area contributed by atoms with Crippen molar-refractivity contribution in [3.8, 4) is 0 Å². The smallest absolute Gasteiger partial charge is 0.403 e. The molecule has 5 nitrogen and oxygen atoms in total. The molecule has 0 heterocycles. The van der Waals surface area contributed by atoms with Gasteiger partial charge in [-0.25, -0.2) is 4.79 Å². The van der Waals surface area contributed by atoms with Crippen LogP contribution in [0.3, 0.4) is 0 Å². The Labute approximate surface area is 70.6 Å². The van der Waals surface area contributed by atoms with E-state index in [1.165, 1.54) is 24.7 Å². The topological polar surface area (TPSA) is 87.6 Å². The largest absolute Gasteiger partial charge is 0.518 e. The van der Waals surface area contributed by atoms with Gasteiger partial charge in [-0.2, -0.15) is 0 Å². The summed E-state index contributed by atoms with van der Waals surface area (Å²) < 4.78 is 8.83. The maximum Gasteiger partial charge on any atom is 0.518 e. The summed E-state index contributed by atoms with van der Waals surface area (Å²) in [6.45, 7) is 0.623. The Morgan fingerprint density at radius 2 is 1.50 bits per heavy atom. The molecule has 4 N–H and O–H groups in total. The highest BCUT2D eigenvalue weighted by molar-refractivity contribution is 5.61. The van der Waals surface area contributed by atoms with Crippen molar-refractivity contribution in [1.82, 2.24) is 0 Å². The minimum absolute atomic E-state index is 0.311. The van der Waals surface area contributed by atoms with Crippen LogP contribution in [0.1, 0.15) is 0 Å². The van der Waals surface area contributed by atoms with Crippen molar-refractivity contribution < 1.29 is 14.3 Å². The Morgan fingerprint density at radius 3 is 1.83 bits per heavy atom. The molecular formula is C7H12N2O3. The van der Waals surface area contributed by atoms with Gasteiger partial charge in [0.05, 0.1) is 12.5 Å². The Kier molecular flexibility index (Phi) is 6.91. The molecule has 0 aliphatic heterocycles. The van der Waals surface area contributed by atoms with E-state index in [4.69, 9.17) is 11.5 Å². The second-order valence-electron chi connectivity index (χ2n) is 1.70. The molecule has 0 aromatic rings. The zero-order valence-corrected chi connectivity index (χ0v) is 6.60. The minimum Gasteiger partial charge on any atom is -0.403 e. The Balaban J connectivity index is 3.46. The summed E-state index contributed by atoms with van der Waals surface area (Å²) in [4.78, 5) is 10.6. The summed E-state index contributed by atoms with van der Waals surface area (Å²) >= 11 is 0. The second kappa shape index (κ2) is 7.77. The number of ether oxygens (including phenoxy) is 2. The van der Waals surface area contributed by atoms with Crippen LogP contribution in [0.2, 0.25) is 0 Å². The van der Waals surface area contributed by atoms with Crippen molar-refractivity contribution in [3.05, 3.63) is 24.7 Å². The van der Waals surface area contributed by atoms with Gasteiger partial charge < -0.3 is 20.9 Å². The van der Waals surface area contributed by atoms with E-state index in [0.717, 1.165) is 0 Å². The lowest BCUT2D eigenvalue weighted by atomic mass is 10.6. The zero-order chi connectivity index (χ0) is 9.23. The van der Waals surface area contributed by atoms with Gasteiger partial charge in [-0.3, -0.25) is 0 Å². The summed E-state index contributed by atoms with van der Waals surface area (Å²) in [7, 11) is 0. The summed E-state index contributed by atoms with van der Waals surface area (Å²) in [6, 6.07) is 0. The Morgan fingerprint density at radius 1 is 1.08 bits per heavy atom. The van der Waals surface area contributed by atoms with E-state index in [9.17, 15) is 4.79 Å². The molecule has 0 fully saturated rings. The van der Waals surface area contributed by atoms with Gasteiger partial charge in [0.1, 0.15) is 0 Å². The van der Waals surface area contributed by atoms with Gasteiger partial charge in [0.2, 0.25) is 0 Å². The van der Waals surface area contributed by atoms with E-state index in [1.54, 1.807) is 0 Å². The quantitative estimate of drug-likeness (QED) is 0.463. The van der Waals surface area contributed by atoms with Crippen LogP contribution in [0.4, 0.5) is 4.79 Å².